The van der Waals surface area contributed by atoms with Gasteiger partial charge in [0.05, 0.1) is 12.7 Å². The smallest absolute Gasteiger partial charge is 0.337 e. The van der Waals surface area contributed by atoms with Gasteiger partial charge >= 0.3 is 5.97 Å². The minimum atomic E-state index is -0.401. The van der Waals surface area contributed by atoms with Gasteiger partial charge in [0.1, 0.15) is 0 Å². The summed E-state index contributed by atoms with van der Waals surface area (Å²) in [5.41, 5.74) is 2.25. The molecule has 1 saturated heterocycles. The zero-order chi connectivity index (χ0) is 18.5. The topological polar surface area (TPSA) is 46.6 Å². The van der Waals surface area contributed by atoms with Crippen LogP contribution in [0.25, 0.3) is 0 Å². The van der Waals surface area contributed by atoms with Crippen LogP contribution in [0.4, 0.5) is 0 Å². The first-order chi connectivity index (χ1) is 12.6. The van der Waals surface area contributed by atoms with Crippen LogP contribution in [0.1, 0.15) is 51.5 Å². The number of ether oxygens (including phenoxy) is 1. The highest BCUT2D eigenvalue weighted by molar-refractivity contribution is 6.30. The Morgan fingerprint density at radius 3 is 2.31 bits per heavy atom. The first-order valence-electron chi connectivity index (χ1n) is 8.81. The lowest BCUT2D eigenvalue weighted by Gasteiger charge is -2.25. The standard InChI is InChI=1S/C21H22ClNO3/c1-26-21(25)17-7-5-16(6-8-17)20(24)23-13-3-2-4-18(14-23)15-9-11-19(22)12-10-15/h5-12,18H,2-4,13-14H2,1H3/t18-/m1/s1. The van der Waals surface area contributed by atoms with Crippen LogP contribution in [-0.4, -0.2) is 37.0 Å². The number of esters is 1. The number of hydrogen-bond donors (Lipinski definition) is 0. The molecule has 1 aliphatic heterocycles. The summed E-state index contributed by atoms with van der Waals surface area (Å²) in [6, 6.07) is 14.5. The van der Waals surface area contributed by atoms with Crippen molar-refractivity contribution in [1.29, 1.82) is 0 Å². The maximum atomic E-state index is 12.9. The number of methoxy groups -OCH3 is 1. The maximum Gasteiger partial charge on any atom is 0.337 e. The fraction of sp³-hybridized carbons (Fsp3) is 0.333. The fourth-order valence-electron chi connectivity index (χ4n) is 3.38. The lowest BCUT2D eigenvalue weighted by atomic mass is 9.94. The summed E-state index contributed by atoms with van der Waals surface area (Å²) in [5, 5.41) is 0.723. The molecule has 1 heterocycles. The quantitative estimate of drug-likeness (QED) is 0.744. The van der Waals surface area contributed by atoms with Crippen molar-refractivity contribution in [3.8, 4) is 0 Å². The molecule has 1 aliphatic rings. The Bertz CT molecular complexity index is 771. The number of amides is 1. The second-order valence-corrected chi connectivity index (χ2v) is 7.00. The maximum absolute atomic E-state index is 12.9. The third-order valence-corrected chi connectivity index (χ3v) is 5.10. The van der Waals surface area contributed by atoms with Crippen LogP contribution < -0.4 is 0 Å². The Morgan fingerprint density at radius 2 is 1.65 bits per heavy atom. The number of benzene rings is 2. The zero-order valence-electron chi connectivity index (χ0n) is 14.8. The minimum absolute atomic E-state index is 0.00211. The summed E-state index contributed by atoms with van der Waals surface area (Å²) in [4.78, 5) is 26.4. The Kier molecular flexibility index (Phi) is 5.94. The van der Waals surface area contributed by atoms with Gasteiger partial charge in [-0.3, -0.25) is 4.79 Å². The van der Waals surface area contributed by atoms with Crippen LogP contribution >= 0.6 is 11.6 Å². The number of carbonyl (C=O) groups is 2. The highest BCUT2D eigenvalue weighted by atomic mass is 35.5. The third kappa shape index (κ3) is 4.25. The molecular weight excluding hydrogens is 350 g/mol. The molecule has 26 heavy (non-hydrogen) atoms. The second kappa shape index (κ2) is 8.37. The summed E-state index contributed by atoms with van der Waals surface area (Å²) < 4.78 is 4.70. The fourth-order valence-corrected chi connectivity index (χ4v) is 3.51. The third-order valence-electron chi connectivity index (χ3n) is 4.85. The van der Waals surface area contributed by atoms with Gasteiger partial charge in [0, 0.05) is 29.6 Å². The second-order valence-electron chi connectivity index (χ2n) is 6.56. The lowest BCUT2D eigenvalue weighted by Crippen LogP contribution is -2.34. The molecule has 4 nitrogen and oxygen atoms in total. The number of likely N-dealkylation sites (tertiary alicyclic amines) is 1. The van der Waals surface area contributed by atoms with Crippen molar-refractivity contribution >= 4 is 23.5 Å². The molecule has 0 unspecified atom stereocenters. The SMILES string of the molecule is COC(=O)c1ccc(C(=O)N2CCCC[C@@H](c3ccc(Cl)cc3)C2)cc1. The van der Waals surface area contributed by atoms with Gasteiger partial charge in [0.15, 0.2) is 0 Å². The summed E-state index contributed by atoms with van der Waals surface area (Å²) >= 11 is 5.99. The van der Waals surface area contributed by atoms with Crippen molar-refractivity contribution in [2.45, 2.75) is 25.2 Å². The molecule has 1 amide bonds. The number of halogens is 1. The Hall–Kier alpha value is -2.33. The van der Waals surface area contributed by atoms with Crippen LogP contribution in [0.5, 0.6) is 0 Å². The molecular formula is C21H22ClNO3. The van der Waals surface area contributed by atoms with E-state index in [1.165, 1.54) is 12.7 Å². The molecule has 2 aromatic rings. The van der Waals surface area contributed by atoms with Crippen molar-refractivity contribution in [2.75, 3.05) is 20.2 Å². The van der Waals surface area contributed by atoms with E-state index in [9.17, 15) is 9.59 Å². The van der Waals surface area contributed by atoms with Crippen LogP contribution in [0.15, 0.2) is 48.5 Å². The highest BCUT2D eigenvalue weighted by Gasteiger charge is 2.24. The summed E-state index contributed by atoms with van der Waals surface area (Å²) in [6.45, 7) is 1.45. The summed E-state index contributed by atoms with van der Waals surface area (Å²) in [5.74, 6) is -0.0862. The first kappa shape index (κ1) is 18.5. The lowest BCUT2D eigenvalue weighted by molar-refractivity contribution is 0.0599. The molecule has 2 aromatic carbocycles. The van der Waals surface area contributed by atoms with Crippen LogP contribution in [-0.2, 0) is 4.74 Å². The van der Waals surface area contributed by atoms with E-state index in [0.29, 0.717) is 23.6 Å². The molecule has 0 aliphatic carbocycles. The molecule has 0 aromatic heterocycles. The van der Waals surface area contributed by atoms with Crippen molar-refractivity contribution in [1.82, 2.24) is 4.90 Å². The molecule has 0 spiro atoms. The predicted octanol–water partition coefficient (Wildman–Crippen LogP) is 4.54. The van der Waals surface area contributed by atoms with Crippen LogP contribution in [0, 0.1) is 0 Å². The molecule has 0 radical (unpaired) electrons. The molecule has 0 saturated carbocycles. The molecule has 3 rings (SSSR count). The number of nitrogens with zero attached hydrogens (tertiary/aromatic N) is 1. The van der Waals surface area contributed by atoms with Gasteiger partial charge in [-0.15, -0.1) is 0 Å². The van der Waals surface area contributed by atoms with E-state index in [-0.39, 0.29) is 5.91 Å². The van der Waals surface area contributed by atoms with E-state index in [0.717, 1.165) is 30.8 Å². The largest absolute Gasteiger partial charge is 0.465 e. The van der Waals surface area contributed by atoms with Crippen molar-refractivity contribution in [3.63, 3.8) is 0 Å². The van der Waals surface area contributed by atoms with Gasteiger partial charge in [0.25, 0.3) is 5.91 Å². The zero-order valence-corrected chi connectivity index (χ0v) is 15.5. The van der Waals surface area contributed by atoms with Gasteiger partial charge < -0.3 is 9.64 Å². The van der Waals surface area contributed by atoms with E-state index < -0.39 is 5.97 Å². The Morgan fingerprint density at radius 1 is 1.00 bits per heavy atom. The molecule has 0 bridgehead atoms. The Labute approximate surface area is 158 Å². The predicted molar refractivity (Wildman–Crippen MR) is 102 cm³/mol. The minimum Gasteiger partial charge on any atom is -0.465 e. The monoisotopic (exact) mass is 371 g/mol. The van der Waals surface area contributed by atoms with Crippen molar-refractivity contribution in [3.05, 3.63) is 70.2 Å². The van der Waals surface area contributed by atoms with E-state index in [1.807, 2.05) is 29.2 Å². The summed E-state index contributed by atoms with van der Waals surface area (Å²) in [6.07, 6.45) is 3.15. The normalized spacial score (nSPS) is 17.5. The van der Waals surface area contributed by atoms with Crippen LogP contribution in [0.2, 0.25) is 5.02 Å². The highest BCUT2D eigenvalue weighted by Crippen LogP contribution is 2.28. The van der Waals surface area contributed by atoms with E-state index in [2.05, 4.69) is 0 Å². The van der Waals surface area contributed by atoms with Gasteiger partial charge in [-0.1, -0.05) is 30.2 Å². The van der Waals surface area contributed by atoms with E-state index >= 15 is 0 Å². The van der Waals surface area contributed by atoms with Crippen molar-refractivity contribution in [2.24, 2.45) is 0 Å². The summed E-state index contributed by atoms with van der Waals surface area (Å²) in [7, 11) is 1.34. The van der Waals surface area contributed by atoms with Crippen molar-refractivity contribution < 1.29 is 14.3 Å². The Balaban J connectivity index is 1.75. The molecule has 1 fully saturated rings. The van der Waals surface area contributed by atoms with E-state index in [4.69, 9.17) is 16.3 Å². The molecule has 5 heteroatoms. The van der Waals surface area contributed by atoms with Gasteiger partial charge in [-0.25, -0.2) is 4.79 Å². The van der Waals surface area contributed by atoms with Gasteiger partial charge in [0.2, 0.25) is 0 Å². The molecule has 0 N–H and O–H groups in total. The molecule has 1 atom stereocenters. The van der Waals surface area contributed by atoms with Gasteiger partial charge in [-0.05, 0) is 54.8 Å². The van der Waals surface area contributed by atoms with Gasteiger partial charge in [-0.2, -0.15) is 0 Å². The number of carbonyl (C=O) groups excluding carboxylic acids is 2. The average molecular weight is 372 g/mol. The van der Waals surface area contributed by atoms with E-state index in [1.54, 1.807) is 24.3 Å². The van der Waals surface area contributed by atoms with Crippen LogP contribution in [0.3, 0.4) is 0 Å². The average Bonchev–Trinajstić information content (AvgIpc) is 2.94. The number of hydrogen-bond acceptors (Lipinski definition) is 3. The first-order valence-corrected chi connectivity index (χ1v) is 9.19. The molecule has 136 valence electrons. The number of rotatable bonds is 3.